The number of thioether (sulfide) groups is 2. The maximum atomic E-state index is 12.4. The van der Waals surface area contributed by atoms with Gasteiger partial charge in [-0.2, -0.15) is 5.26 Å². The molecule has 0 spiro atoms. The van der Waals surface area contributed by atoms with Crippen LogP contribution in [0, 0.1) is 11.3 Å². The number of nitriles is 1. The maximum Gasteiger partial charge on any atom is 0.230 e. The molecule has 0 aliphatic carbocycles. The zero-order chi connectivity index (χ0) is 23.9. The van der Waals surface area contributed by atoms with Crippen molar-refractivity contribution in [3.8, 4) is 6.07 Å². The highest BCUT2D eigenvalue weighted by atomic mass is 35.5. The number of hydrogen-bond donors (Lipinski definition) is 2. The lowest BCUT2D eigenvalue weighted by atomic mass is 10.1. The lowest BCUT2D eigenvalue weighted by Crippen LogP contribution is -2.47. The fourth-order valence-electron chi connectivity index (χ4n) is 3.66. The molecule has 0 aromatic heterocycles. The zero-order valence-electron chi connectivity index (χ0n) is 18.3. The van der Waals surface area contributed by atoms with E-state index in [0.29, 0.717) is 34.5 Å². The Kier molecular flexibility index (Phi) is 9.06. The van der Waals surface area contributed by atoms with Crippen molar-refractivity contribution in [1.82, 2.24) is 15.5 Å². The first-order chi connectivity index (χ1) is 16.5. The second-order valence-corrected chi connectivity index (χ2v) is 11.1. The number of carbonyl (C=O) groups is 1. The monoisotopic (exact) mass is 534 g/mol. The SMILES string of the molecule is N#Cc1ccc(C2=CSC(SCC(=O)NC[C@H]3CN(Cc4ccc(Cl)c(Cl)c4)CCO3)N2)cc1. The van der Waals surface area contributed by atoms with Gasteiger partial charge in [0.05, 0.1) is 40.1 Å². The third kappa shape index (κ3) is 7.08. The van der Waals surface area contributed by atoms with E-state index in [1.54, 1.807) is 35.7 Å². The molecule has 4 rings (SSSR count). The van der Waals surface area contributed by atoms with Gasteiger partial charge in [0.1, 0.15) is 4.71 Å². The van der Waals surface area contributed by atoms with Crippen LogP contribution in [-0.2, 0) is 16.1 Å². The van der Waals surface area contributed by atoms with E-state index in [-0.39, 0.29) is 16.7 Å². The van der Waals surface area contributed by atoms with Gasteiger partial charge in [0.25, 0.3) is 0 Å². The highest BCUT2D eigenvalue weighted by Gasteiger charge is 2.23. The molecule has 1 unspecified atom stereocenters. The van der Waals surface area contributed by atoms with Gasteiger partial charge in [0.2, 0.25) is 5.91 Å². The summed E-state index contributed by atoms with van der Waals surface area (Å²) in [6.07, 6.45) is -0.0471. The minimum Gasteiger partial charge on any atom is -0.374 e. The second-order valence-electron chi connectivity index (χ2n) is 7.92. The van der Waals surface area contributed by atoms with Crippen LogP contribution in [-0.4, -0.2) is 53.6 Å². The molecule has 34 heavy (non-hydrogen) atoms. The topological polar surface area (TPSA) is 77.4 Å². The molecule has 2 aliphatic heterocycles. The number of halogens is 2. The standard InChI is InChI=1S/C24H24Cl2N4O2S2/c25-20-6-3-17(9-21(20)26)12-30-7-8-32-19(13-30)11-28-23(31)15-34-24-29-22(14-33-24)18-4-1-16(10-27)2-5-18/h1-6,9,14,19,24,29H,7-8,11-13,15H2,(H,28,31)/t19-,24?/m0/s1. The third-order valence-corrected chi connectivity index (χ3v) is 8.48. The van der Waals surface area contributed by atoms with Gasteiger partial charge >= 0.3 is 0 Å². The van der Waals surface area contributed by atoms with E-state index in [4.69, 9.17) is 33.2 Å². The number of benzene rings is 2. The Morgan fingerprint density at radius 3 is 2.85 bits per heavy atom. The molecule has 1 saturated heterocycles. The Labute approximate surface area is 218 Å². The molecular weight excluding hydrogens is 511 g/mol. The number of rotatable bonds is 8. The lowest BCUT2D eigenvalue weighted by molar-refractivity contribution is -0.119. The van der Waals surface area contributed by atoms with Gasteiger partial charge in [-0.3, -0.25) is 9.69 Å². The lowest BCUT2D eigenvalue weighted by Gasteiger charge is -2.33. The third-order valence-electron chi connectivity index (χ3n) is 5.41. The quantitative estimate of drug-likeness (QED) is 0.514. The van der Waals surface area contributed by atoms with Crippen molar-refractivity contribution in [2.24, 2.45) is 0 Å². The molecule has 2 aromatic carbocycles. The van der Waals surface area contributed by atoms with Gasteiger partial charge in [-0.15, -0.1) is 11.8 Å². The molecular formula is C24H24Cl2N4O2S2. The van der Waals surface area contributed by atoms with E-state index < -0.39 is 0 Å². The highest BCUT2D eigenvalue weighted by molar-refractivity contribution is 8.18. The van der Waals surface area contributed by atoms with Crippen molar-refractivity contribution >= 4 is 58.3 Å². The van der Waals surface area contributed by atoms with Crippen LogP contribution in [0.25, 0.3) is 5.70 Å². The van der Waals surface area contributed by atoms with Crippen LogP contribution in [0.2, 0.25) is 10.0 Å². The van der Waals surface area contributed by atoms with Crippen molar-refractivity contribution in [1.29, 1.82) is 5.26 Å². The van der Waals surface area contributed by atoms with Crippen molar-refractivity contribution < 1.29 is 9.53 Å². The van der Waals surface area contributed by atoms with E-state index in [2.05, 4.69) is 27.0 Å². The summed E-state index contributed by atoms with van der Waals surface area (Å²) < 4.78 is 5.91. The van der Waals surface area contributed by atoms with E-state index in [1.807, 2.05) is 30.3 Å². The minimum absolute atomic E-state index is 0.00979. The van der Waals surface area contributed by atoms with E-state index in [9.17, 15) is 4.79 Å². The molecule has 2 atom stereocenters. The van der Waals surface area contributed by atoms with Crippen molar-refractivity contribution in [3.63, 3.8) is 0 Å². The first-order valence-electron chi connectivity index (χ1n) is 10.8. The van der Waals surface area contributed by atoms with Crippen molar-refractivity contribution in [2.75, 3.05) is 32.0 Å². The van der Waals surface area contributed by atoms with E-state index >= 15 is 0 Å². The van der Waals surface area contributed by atoms with Gasteiger partial charge in [-0.1, -0.05) is 53.2 Å². The summed E-state index contributed by atoms with van der Waals surface area (Å²) >= 11 is 15.3. The number of carbonyl (C=O) groups excluding carboxylic acids is 1. The van der Waals surface area contributed by atoms with Crippen molar-refractivity contribution in [3.05, 3.63) is 74.6 Å². The van der Waals surface area contributed by atoms with E-state index in [0.717, 1.165) is 36.5 Å². The van der Waals surface area contributed by atoms with Crippen LogP contribution in [0.4, 0.5) is 0 Å². The Balaban J connectivity index is 1.15. The largest absolute Gasteiger partial charge is 0.374 e. The predicted octanol–water partition coefficient (Wildman–Crippen LogP) is 4.53. The molecule has 0 radical (unpaired) electrons. The molecule has 0 bridgehead atoms. The van der Waals surface area contributed by atoms with Crippen LogP contribution in [0.5, 0.6) is 0 Å². The number of nitrogens with zero attached hydrogens (tertiary/aromatic N) is 2. The van der Waals surface area contributed by atoms with Gasteiger partial charge in [0.15, 0.2) is 0 Å². The van der Waals surface area contributed by atoms with Gasteiger partial charge in [0, 0.05) is 31.9 Å². The maximum absolute atomic E-state index is 12.4. The molecule has 178 valence electrons. The number of hydrogen-bond acceptors (Lipinski definition) is 7. The highest BCUT2D eigenvalue weighted by Crippen LogP contribution is 2.33. The van der Waals surface area contributed by atoms with E-state index in [1.165, 1.54) is 0 Å². The van der Waals surface area contributed by atoms with Crippen molar-refractivity contribution in [2.45, 2.75) is 17.4 Å². The molecule has 2 N–H and O–H groups in total. The number of ether oxygens (including phenoxy) is 1. The average molecular weight is 536 g/mol. The Morgan fingerprint density at radius 1 is 1.26 bits per heavy atom. The Morgan fingerprint density at radius 2 is 2.09 bits per heavy atom. The second kappa shape index (κ2) is 12.2. The molecule has 6 nitrogen and oxygen atoms in total. The molecule has 2 aromatic rings. The molecule has 1 fully saturated rings. The Hall–Kier alpha value is -1.86. The van der Waals surface area contributed by atoms with Crippen LogP contribution in [0.15, 0.2) is 47.9 Å². The minimum atomic E-state index is -0.0471. The fraction of sp³-hybridized carbons (Fsp3) is 0.333. The van der Waals surface area contributed by atoms with Gasteiger partial charge < -0.3 is 15.4 Å². The van der Waals surface area contributed by atoms with Crippen LogP contribution in [0.1, 0.15) is 16.7 Å². The summed E-state index contributed by atoms with van der Waals surface area (Å²) in [5.41, 5.74) is 3.77. The molecule has 2 heterocycles. The summed E-state index contributed by atoms with van der Waals surface area (Å²) in [5, 5.41) is 18.5. The number of amides is 1. The molecule has 10 heteroatoms. The van der Waals surface area contributed by atoms with Gasteiger partial charge in [-0.25, -0.2) is 0 Å². The fourth-order valence-corrected chi connectivity index (χ4v) is 5.93. The summed E-state index contributed by atoms with van der Waals surface area (Å²) in [6, 6.07) is 15.3. The van der Waals surface area contributed by atoms with Crippen LogP contribution < -0.4 is 10.6 Å². The predicted molar refractivity (Wildman–Crippen MR) is 141 cm³/mol. The number of morpholine rings is 1. The summed E-state index contributed by atoms with van der Waals surface area (Å²) in [7, 11) is 0. The summed E-state index contributed by atoms with van der Waals surface area (Å²) in [5.74, 6) is 0.350. The smallest absolute Gasteiger partial charge is 0.230 e. The Bertz CT molecular complexity index is 1090. The summed E-state index contributed by atoms with van der Waals surface area (Å²) in [6.45, 7) is 3.45. The van der Waals surface area contributed by atoms with Gasteiger partial charge in [-0.05, 0) is 40.8 Å². The number of nitrogens with one attached hydrogen (secondary N) is 2. The zero-order valence-corrected chi connectivity index (χ0v) is 21.4. The first-order valence-corrected chi connectivity index (χ1v) is 13.5. The molecule has 0 saturated carbocycles. The average Bonchev–Trinajstić information content (AvgIpc) is 3.33. The normalized spacial score (nSPS) is 20.3. The summed E-state index contributed by atoms with van der Waals surface area (Å²) in [4.78, 5) is 14.7. The molecule has 2 aliphatic rings. The van der Waals surface area contributed by atoms with Crippen LogP contribution >= 0.6 is 46.7 Å². The first kappa shape index (κ1) is 25.2. The van der Waals surface area contributed by atoms with Crippen LogP contribution in [0.3, 0.4) is 0 Å². The molecule has 1 amide bonds.